The Hall–Kier alpha value is -2.43. The average molecular weight is 408 g/mol. The molecule has 2 aromatic carbocycles. The van der Waals surface area contributed by atoms with Crippen LogP contribution in [0, 0.1) is 11.6 Å². The molecule has 0 bridgehead atoms. The third-order valence-corrected chi connectivity index (χ3v) is 4.74. The van der Waals surface area contributed by atoms with Crippen LogP contribution in [0.25, 0.3) is 22.4 Å². The number of aliphatic hydroxyl groups excluding tert-OH is 4. The number of aromatic nitrogens is 2. The molecule has 29 heavy (non-hydrogen) atoms. The third kappa shape index (κ3) is 4.29. The number of halogens is 2. The van der Waals surface area contributed by atoms with Crippen molar-refractivity contribution in [1.29, 1.82) is 0 Å². The van der Waals surface area contributed by atoms with E-state index >= 15 is 0 Å². The van der Waals surface area contributed by atoms with Crippen LogP contribution in [0.15, 0.2) is 36.4 Å². The lowest BCUT2D eigenvalue weighted by molar-refractivity contribution is -0.179. The molecule has 7 nitrogen and oxygen atoms in total. The first kappa shape index (κ1) is 21.3. The van der Waals surface area contributed by atoms with Gasteiger partial charge < -0.3 is 30.1 Å². The number of benzene rings is 2. The second-order valence-corrected chi connectivity index (χ2v) is 6.65. The zero-order valence-electron chi connectivity index (χ0n) is 15.6. The zero-order valence-corrected chi connectivity index (χ0v) is 15.6. The fourth-order valence-electron chi connectivity index (χ4n) is 3.39. The number of nitrogens with zero attached hydrogens (tertiary/aromatic N) is 1. The van der Waals surface area contributed by atoms with Crippen molar-refractivity contribution in [2.75, 3.05) is 13.7 Å². The van der Waals surface area contributed by atoms with Crippen LogP contribution in [0.1, 0.15) is 18.1 Å². The smallest absolute Gasteiger partial charge is 0.153 e. The summed E-state index contributed by atoms with van der Waals surface area (Å²) in [4.78, 5) is 7.06. The highest BCUT2D eigenvalue weighted by Gasteiger charge is 2.37. The standard InChI is InChI=1S/C19H18F2N2O4.CH4O/c20-11-5-13(21)16-14(6-11)22-19(23-16)10-3-1-2-9(4-10)18-17(26)15(25)7-12(8-24)27-18;1-2/h1-6,12,15,17-18,24-26H,7-8H2,(H,22,23);2H,1H3/t12?,15?,17?,18-;/m1./s1. The lowest BCUT2D eigenvalue weighted by Gasteiger charge is -2.36. The van der Waals surface area contributed by atoms with Crippen LogP contribution in [0.2, 0.25) is 0 Å². The number of hydrogen-bond acceptors (Lipinski definition) is 6. The minimum absolute atomic E-state index is 0.0292. The van der Waals surface area contributed by atoms with Crippen LogP contribution < -0.4 is 0 Å². The number of fused-ring (bicyclic) bond motifs is 1. The van der Waals surface area contributed by atoms with Gasteiger partial charge in [0, 0.05) is 25.2 Å². The van der Waals surface area contributed by atoms with E-state index in [1.807, 2.05) is 0 Å². The minimum atomic E-state index is -1.15. The van der Waals surface area contributed by atoms with Gasteiger partial charge in [-0.25, -0.2) is 13.8 Å². The van der Waals surface area contributed by atoms with Crippen molar-refractivity contribution in [3.05, 3.63) is 53.6 Å². The summed E-state index contributed by atoms with van der Waals surface area (Å²) in [5.74, 6) is -1.13. The number of aromatic amines is 1. The van der Waals surface area contributed by atoms with Crippen LogP contribution in [0.5, 0.6) is 0 Å². The number of imidazole rings is 1. The Kier molecular flexibility index (Phi) is 6.56. The molecule has 4 rings (SSSR count). The van der Waals surface area contributed by atoms with Crippen molar-refractivity contribution in [2.45, 2.75) is 30.8 Å². The lowest BCUT2D eigenvalue weighted by Crippen LogP contribution is -2.44. The molecule has 2 heterocycles. The molecule has 1 fully saturated rings. The molecular formula is C20H22F2N2O5. The summed E-state index contributed by atoms with van der Waals surface area (Å²) in [5.41, 5.74) is 1.42. The Morgan fingerprint density at radius 1 is 1.17 bits per heavy atom. The van der Waals surface area contributed by atoms with Crippen molar-refractivity contribution in [3.8, 4) is 11.4 Å². The first-order chi connectivity index (χ1) is 14.0. The van der Waals surface area contributed by atoms with Crippen LogP contribution in [-0.4, -0.2) is 62.4 Å². The largest absolute Gasteiger partial charge is 0.400 e. The Bertz CT molecular complexity index is 981. The maximum atomic E-state index is 13.9. The topological polar surface area (TPSA) is 119 Å². The van der Waals surface area contributed by atoms with Crippen molar-refractivity contribution < 1.29 is 33.9 Å². The second-order valence-electron chi connectivity index (χ2n) is 6.65. The minimum Gasteiger partial charge on any atom is -0.400 e. The first-order valence-electron chi connectivity index (χ1n) is 8.98. The maximum Gasteiger partial charge on any atom is 0.153 e. The molecule has 0 aliphatic carbocycles. The summed E-state index contributed by atoms with van der Waals surface area (Å²) in [6, 6.07) is 8.77. The summed E-state index contributed by atoms with van der Waals surface area (Å²) in [5, 5.41) is 36.6. The number of aliphatic hydroxyl groups is 4. The summed E-state index contributed by atoms with van der Waals surface area (Å²) in [6.45, 7) is -0.269. The van der Waals surface area contributed by atoms with Crippen molar-refractivity contribution in [2.24, 2.45) is 0 Å². The van der Waals surface area contributed by atoms with Gasteiger partial charge in [-0.05, 0) is 17.7 Å². The van der Waals surface area contributed by atoms with Gasteiger partial charge >= 0.3 is 0 Å². The van der Waals surface area contributed by atoms with E-state index < -0.39 is 36.1 Å². The van der Waals surface area contributed by atoms with Crippen LogP contribution in [0.3, 0.4) is 0 Å². The molecule has 0 amide bonds. The fraction of sp³-hybridized carbons (Fsp3) is 0.350. The van der Waals surface area contributed by atoms with Crippen LogP contribution in [0.4, 0.5) is 8.78 Å². The molecule has 5 N–H and O–H groups in total. The predicted octanol–water partition coefficient (Wildman–Crippen LogP) is 1.66. The van der Waals surface area contributed by atoms with Gasteiger partial charge in [0.25, 0.3) is 0 Å². The highest BCUT2D eigenvalue weighted by Crippen LogP contribution is 2.34. The van der Waals surface area contributed by atoms with E-state index in [-0.39, 0.29) is 24.1 Å². The number of H-pyrrole nitrogens is 1. The number of nitrogens with one attached hydrogen (secondary N) is 1. The Morgan fingerprint density at radius 3 is 2.66 bits per heavy atom. The van der Waals surface area contributed by atoms with Gasteiger partial charge in [-0.3, -0.25) is 0 Å². The van der Waals surface area contributed by atoms with E-state index in [0.717, 1.165) is 19.2 Å². The second kappa shape index (κ2) is 8.93. The summed E-state index contributed by atoms with van der Waals surface area (Å²) >= 11 is 0. The SMILES string of the molecule is CO.OCC1CC(O)C(O)[C@@H](c2cccc(-c3nc4c(F)cc(F)cc4[nH]3)c2)O1. The van der Waals surface area contributed by atoms with Gasteiger partial charge in [-0.2, -0.15) is 0 Å². The van der Waals surface area contributed by atoms with Gasteiger partial charge in [0.15, 0.2) is 5.82 Å². The molecule has 156 valence electrons. The van der Waals surface area contributed by atoms with E-state index in [1.165, 1.54) is 0 Å². The van der Waals surface area contributed by atoms with Gasteiger partial charge in [-0.1, -0.05) is 18.2 Å². The molecule has 4 atom stereocenters. The van der Waals surface area contributed by atoms with Crippen molar-refractivity contribution in [1.82, 2.24) is 9.97 Å². The lowest BCUT2D eigenvalue weighted by atomic mass is 9.92. The quantitative estimate of drug-likeness (QED) is 0.450. The third-order valence-electron chi connectivity index (χ3n) is 4.74. The molecule has 9 heteroatoms. The van der Waals surface area contributed by atoms with E-state index in [4.69, 9.17) is 9.84 Å². The number of hydrogen-bond donors (Lipinski definition) is 5. The number of ether oxygens (including phenoxy) is 1. The highest BCUT2D eigenvalue weighted by molar-refractivity contribution is 5.80. The first-order valence-corrected chi connectivity index (χ1v) is 8.98. The van der Waals surface area contributed by atoms with E-state index in [9.17, 15) is 24.1 Å². The monoisotopic (exact) mass is 408 g/mol. The van der Waals surface area contributed by atoms with Crippen molar-refractivity contribution in [3.63, 3.8) is 0 Å². The molecule has 3 aromatic rings. The average Bonchev–Trinajstić information content (AvgIpc) is 3.16. The maximum absolute atomic E-state index is 13.9. The van der Waals surface area contributed by atoms with Crippen molar-refractivity contribution >= 4 is 11.0 Å². The molecule has 0 saturated carbocycles. The summed E-state index contributed by atoms with van der Waals surface area (Å²) < 4.78 is 33.0. The van der Waals surface area contributed by atoms with Gasteiger partial charge in [0.1, 0.15) is 29.4 Å². The van der Waals surface area contributed by atoms with E-state index in [2.05, 4.69) is 9.97 Å². The Balaban J connectivity index is 0.00000117. The molecule has 1 aromatic heterocycles. The predicted molar refractivity (Wildman–Crippen MR) is 101 cm³/mol. The normalized spacial score (nSPS) is 24.2. The summed E-state index contributed by atoms with van der Waals surface area (Å²) in [6.07, 6.45) is -3.44. The van der Waals surface area contributed by atoms with E-state index in [0.29, 0.717) is 17.0 Å². The van der Waals surface area contributed by atoms with Gasteiger partial charge in [-0.15, -0.1) is 0 Å². The molecule has 1 saturated heterocycles. The highest BCUT2D eigenvalue weighted by atomic mass is 19.1. The zero-order chi connectivity index (χ0) is 21.1. The van der Waals surface area contributed by atoms with E-state index in [1.54, 1.807) is 24.3 Å². The molecule has 1 aliphatic heterocycles. The fourth-order valence-corrected chi connectivity index (χ4v) is 3.39. The summed E-state index contributed by atoms with van der Waals surface area (Å²) in [7, 11) is 1.00. The Morgan fingerprint density at radius 2 is 1.93 bits per heavy atom. The van der Waals surface area contributed by atoms with Gasteiger partial charge in [0.05, 0.1) is 24.3 Å². The van der Waals surface area contributed by atoms with Gasteiger partial charge in [0.2, 0.25) is 0 Å². The Labute approximate surface area is 165 Å². The molecular weight excluding hydrogens is 386 g/mol. The molecule has 1 aliphatic rings. The van der Waals surface area contributed by atoms with Crippen LogP contribution in [-0.2, 0) is 4.74 Å². The number of rotatable bonds is 3. The molecule has 3 unspecified atom stereocenters. The van der Waals surface area contributed by atoms with Crippen LogP contribution >= 0.6 is 0 Å². The molecule has 0 radical (unpaired) electrons. The molecule has 0 spiro atoms.